The van der Waals surface area contributed by atoms with E-state index in [9.17, 15) is 5.11 Å². The van der Waals surface area contributed by atoms with Crippen LogP contribution in [0.5, 0.6) is 0 Å². The van der Waals surface area contributed by atoms with E-state index in [1.807, 2.05) is 0 Å². The molecule has 8 atom stereocenters. The van der Waals surface area contributed by atoms with E-state index in [4.69, 9.17) is 21.9 Å². The summed E-state index contributed by atoms with van der Waals surface area (Å²) in [5, 5.41) is 12.9. The van der Waals surface area contributed by atoms with Crippen molar-refractivity contribution in [1.82, 2.24) is 0 Å². The topological polar surface area (TPSA) is 123 Å². The Labute approximate surface area is 289 Å². The average molecular weight is 658 g/mol. The molecule has 47 heavy (non-hydrogen) atoms. The van der Waals surface area contributed by atoms with Crippen LogP contribution in [-0.4, -0.2) is 69.0 Å². The Bertz CT molecular complexity index is 993. The highest BCUT2D eigenvalue weighted by Crippen LogP contribution is 2.67. The first-order valence-electron chi connectivity index (χ1n) is 20.0. The molecule has 0 heterocycles. The molecule has 3 saturated carbocycles. The highest BCUT2D eigenvalue weighted by Gasteiger charge is 2.59. The van der Waals surface area contributed by atoms with Gasteiger partial charge in [-0.25, -0.2) is 0 Å². The normalized spacial score (nSPS) is 33.3. The van der Waals surface area contributed by atoms with Crippen molar-refractivity contribution in [2.75, 3.05) is 52.4 Å². The van der Waals surface area contributed by atoms with Crippen molar-refractivity contribution in [2.45, 2.75) is 137 Å². The van der Waals surface area contributed by atoms with Gasteiger partial charge in [0, 0.05) is 38.3 Å². The van der Waals surface area contributed by atoms with E-state index in [0.29, 0.717) is 31.6 Å². The van der Waals surface area contributed by atoms with Gasteiger partial charge in [-0.2, -0.15) is 0 Å². The molecule has 0 amide bonds. The van der Waals surface area contributed by atoms with Crippen LogP contribution in [0.25, 0.3) is 0 Å². The number of ether oxygens (including phenoxy) is 1. The molecule has 0 aromatic rings. The number of quaternary nitrogens is 1. The number of aliphatic imine (C=N–C) groups is 1. The van der Waals surface area contributed by atoms with Crippen molar-refractivity contribution in [3.8, 4) is 0 Å². The van der Waals surface area contributed by atoms with E-state index < -0.39 is 0 Å². The third-order valence-corrected chi connectivity index (χ3v) is 14.1. The van der Waals surface area contributed by atoms with Gasteiger partial charge >= 0.3 is 0 Å². The summed E-state index contributed by atoms with van der Waals surface area (Å²) in [5.74, 6) is 5.06. The lowest BCUT2D eigenvalue weighted by atomic mass is 9.47. The summed E-state index contributed by atoms with van der Waals surface area (Å²) in [6, 6.07) is 0. The maximum absolute atomic E-state index is 12.9. The summed E-state index contributed by atoms with van der Waals surface area (Å²) in [6.45, 7) is 19.2. The fourth-order valence-corrected chi connectivity index (χ4v) is 11.5. The number of allylic oxidation sites excluding steroid dienone is 1. The van der Waals surface area contributed by atoms with Crippen molar-refractivity contribution in [1.29, 1.82) is 0 Å². The van der Waals surface area contributed by atoms with E-state index in [1.54, 1.807) is 5.57 Å². The van der Waals surface area contributed by atoms with E-state index >= 15 is 0 Å². The van der Waals surface area contributed by atoms with Crippen LogP contribution in [0, 0.1) is 46.3 Å². The van der Waals surface area contributed by atoms with Gasteiger partial charge in [-0.05, 0) is 117 Å². The number of nitrogens with zero attached hydrogens (tertiary/aromatic N) is 2. The van der Waals surface area contributed by atoms with Gasteiger partial charge < -0.3 is 31.5 Å². The van der Waals surface area contributed by atoms with Crippen LogP contribution in [0.2, 0.25) is 0 Å². The fourth-order valence-electron chi connectivity index (χ4n) is 11.5. The van der Waals surface area contributed by atoms with Crippen molar-refractivity contribution >= 4 is 6.08 Å². The molecule has 0 aliphatic heterocycles. The van der Waals surface area contributed by atoms with E-state index in [1.165, 1.54) is 51.4 Å². The zero-order chi connectivity index (χ0) is 34.1. The molecule has 4 rings (SSSR count). The van der Waals surface area contributed by atoms with Gasteiger partial charge in [0.05, 0.1) is 26.2 Å². The van der Waals surface area contributed by atoms with Gasteiger partial charge in [0.1, 0.15) is 6.08 Å². The Morgan fingerprint density at radius 3 is 2.17 bits per heavy atom. The number of hydrogen-bond donors (Lipinski definition) is 3. The second kappa shape index (κ2) is 17.7. The van der Waals surface area contributed by atoms with Crippen LogP contribution >= 0.6 is 0 Å². The SMILES string of the molecule is CC(C)CCCC(C)C1CCC2C3CC=C4CC(OC([O-])=NCCC[N+](CCCN)(CCCN)CCCN)CCC4(C)C3CCC12C. The average Bonchev–Trinajstić information content (AvgIpc) is 3.41. The molecular formula is C40H75N5O2. The highest BCUT2D eigenvalue weighted by atomic mass is 16.6. The van der Waals surface area contributed by atoms with Crippen LogP contribution in [-0.2, 0) is 4.74 Å². The Balaban J connectivity index is 1.31. The molecule has 3 fully saturated rings. The Kier molecular flexibility index (Phi) is 14.5. The summed E-state index contributed by atoms with van der Waals surface area (Å²) in [6.07, 6.45) is 20.1. The van der Waals surface area contributed by atoms with Crippen LogP contribution in [0.4, 0.5) is 0 Å². The Morgan fingerprint density at radius 1 is 0.872 bits per heavy atom. The predicted octanol–water partition coefficient (Wildman–Crippen LogP) is 6.38. The molecule has 272 valence electrons. The molecule has 0 aromatic heterocycles. The van der Waals surface area contributed by atoms with Crippen LogP contribution in [0.3, 0.4) is 0 Å². The standard InChI is InChI=1S/C40H75N5O2/c1-30(2)11-6-12-31(3)35-15-16-36-34-14-13-32-29-33(17-19-39(32,4)37(34)18-20-40(35,36)5)47-38(46)44-24-10-28-45(25-7-21-41,26-8-22-42)27-9-23-43/h13,30-31,33-37H,6-12,14-29,41-43H2,1-5H3. The molecule has 0 aromatic carbocycles. The zero-order valence-electron chi connectivity index (χ0n) is 31.3. The van der Waals surface area contributed by atoms with Crippen molar-refractivity contribution in [3.63, 3.8) is 0 Å². The number of rotatable bonds is 19. The monoisotopic (exact) mass is 658 g/mol. The largest absolute Gasteiger partial charge is 0.597 e. The molecular weight excluding hydrogens is 582 g/mol. The minimum atomic E-state index is -0.371. The molecule has 4 aliphatic carbocycles. The number of fused-ring (bicyclic) bond motifs is 5. The molecule has 7 heteroatoms. The summed E-state index contributed by atoms with van der Waals surface area (Å²) in [4.78, 5) is 4.38. The number of hydrogen-bond acceptors (Lipinski definition) is 6. The van der Waals surface area contributed by atoms with Gasteiger partial charge in [0.15, 0.2) is 0 Å². The molecule has 0 bridgehead atoms. The zero-order valence-corrected chi connectivity index (χ0v) is 31.3. The van der Waals surface area contributed by atoms with Crippen molar-refractivity contribution < 1.29 is 14.3 Å². The number of nitrogens with two attached hydrogens (primary N) is 3. The van der Waals surface area contributed by atoms with Crippen molar-refractivity contribution in [2.24, 2.45) is 68.5 Å². The maximum atomic E-state index is 12.9. The van der Waals surface area contributed by atoms with Crippen molar-refractivity contribution in [3.05, 3.63) is 11.6 Å². The van der Waals surface area contributed by atoms with Gasteiger partial charge in [-0.3, -0.25) is 4.99 Å². The van der Waals surface area contributed by atoms with Gasteiger partial charge in [-0.15, -0.1) is 0 Å². The first-order valence-corrected chi connectivity index (χ1v) is 20.0. The Hall–Kier alpha value is -1.15. The smallest absolute Gasteiger partial charge is 0.145 e. The molecule has 0 spiro atoms. The molecule has 4 aliphatic rings. The van der Waals surface area contributed by atoms with E-state index in [2.05, 4.69) is 45.7 Å². The van der Waals surface area contributed by atoms with E-state index in [0.717, 1.165) is 111 Å². The summed E-state index contributed by atoms with van der Waals surface area (Å²) < 4.78 is 7.00. The third kappa shape index (κ3) is 9.35. The highest BCUT2D eigenvalue weighted by molar-refractivity contribution is 5.61. The summed E-state index contributed by atoms with van der Waals surface area (Å²) in [7, 11) is 0. The summed E-state index contributed by atoms with van der Waals surface area (Å²) >= 11 is 0. The lowest BCUT2D eigenvalue weighted by Crippen LogP contribution is -2.52. The van der Waals surface area contributed by atoms with Gasteiger partial charge in [0.25, 0.3) is 0 Å². The quantitative estimate of drug-likeness (QED) is 0.0489. The Morgan fingerprint density at radius 2 is 1.53 bits per heavy atom. The van der Waals surface area contributed by atoms with Crippen LogP contribution in [0.1, 0.15) is 131 Å². The summed E-state index contributed by atoms with van der Waals surface area (Å²) in [5.41, 5.74) is 20.0. The minimum Gasteiger partial charge on any atom is -0.597 e. The molecule has 8 unspecified atom stereocenters. The molecule has 6 N–H and O–H groups in total. The van der Waals surface area contributed by atoms with Crippen LogP contribution < -0.4 is 22.3 Å². The van der Waals surface area contributed by atoms with Gasteiger partial charge in [-0.1, -0.05) is 65.5 Å². The van der Waals surface area contributed by atoms with Gasteiger partial charge in [0.2, 0.25) is 0 Å². The maximum Gasteiger partial charge on any atom is 0.145 e. The fraction of sp³-hybridized carbons (Fsp3) is 0.925. The molecule has 0 saturated heterocycles. The minimum absolute atomic E-state index is 0.0351. The van der Waals surface area contributed by atoms with Crippen LogP contribution in [0.15, 0.2) is 16.6 Å². The second-order valence-electron chi connectivity index (χ2n) is 17.4. The first kappa shape index (κ1) is 38.6. The predicted molar refractivity (Wildman–Crippen MR) is 196 cm³/mol. The second-order valence-corrected chi connectivity index (χ2v) is 17.4. The first-order chi connectivity index (χ1) is 22.5. The molecule has 0 radical (unpaired) electrons. The molecule has 7 nitrogen and oxygen atoms in total. The third-order valence-electron chi connectivity index (χ3n) is 14.1. The van der Waals surface area contributed by atoms with E-state index in [-0.39, 0.29) is 17.6 Å². The lowest BCUT2D eigenvalue weighted by molar-refractivity contribution is -0.928. The lowest BCUT2D eigenvalue weighted by Gasteiger charge is -2.59.